The molecule has 0 aromatic heterocycles. The van der Waals surface area contributed by atoms with Crippen molar-refractivity contribution in [1.82, 2.24) is 10.2 Å². The van der Waals surface area contributed by atoms with Gasteiger partial charge in [0.25, 0.3) is 0 Å². The molecular weight excluding hydrogens is 212 g/mol. The third kappa shape index (κ3) is 3.43. The zero-order valence-corrected chi connectivity index (χ0v) is 11.5. The van der Waals surface area contributed by atoms with Crippen LogP contribution in [-0.4, -0.2) is 49.8 Å². The average molecular weight is 240 g/mol. The third-order valence-corrected chi connectivity index (χ3v) is 4.22. The summed E-state index contributed by atoms with van der Waals surface area (Å²) in [7, 11) is 0. The lowest BCUT2D eigenvalue weighted by Gasteiger charge is -2.43. The Balaban J connectivity index is 1.87. The lowest BCUT2D eigenvalue weighted by atomic mass is 9.77. The van der Waals surface area contributed by atoms with E-state index in [0.717, 1.165) is 32.2 Å². The number of nitrogens with one attached hydrogen (secondary N) is 1. The van der Waals surface area contributed by atoms with Crippen molar-refractivity contribution < 1.29 is 4.74 Å². The predicted molar refractivity (Wildman–Crippen MR) is 71.3 cm³/mol. The first-order valence-corrected chi connectivity index (χ1v) is 7.42. The van der Waals surface area contributed by atoms with E-state index < -0.39 is 0 Å². The van der Waals surface area contributed by atoms with Crippen LogP contribution in [0.5, 0.6) is 0 Å². The van der Waals surface area contributed by atoms with Gasteiger partial charge < -0.3 is 10.1 Å². The second kappa shape index (κ2) is 6.72. The number of hydrogen-bond donors (Lipinski definition) is 1. The van der Waals surface area contributed by atoms with E-state index in [0.29, 0.717) is 12.1 Å². The van der Waals surface area contributed by atoms with E-state index in [-0.39, 0.29) is 0 Å². The Hall–Kier alpha value is -0.120. The summed E-state index contributed by atoms with van der Waals surface area (Å²) in [5, 5.41) is 3.67. The molecule has 2 fully saturated rings. The van der Waals surface area contributed by atoms with Gasteiger partial charge in [0.05, 0.1) is 12.7 Å². The van der Waals surface area contributed by atoms with Crippen molar-refractivity contribution in [2.24, 2.45) is 5.92 Å². The largest absolute Gasteiger partial charge is 0.374 e. The molecule has 0 radical (unpaired) electrons. The minimum Gasteiger partial charge on any atom is -0.374 e. The van der Waals surface area contributed by atoms with Gasteiger partial charge in [0.1, 0.15) is 0 Å². The number of ether oxygens (including phenoxy) is 1. The Morgan fingerprint density at radius 1 is 1.35 bits per heavy atom. The third-order valence-electron chi connectivity index (χ3n) is 4.22. The Kier molecular flexibility index (Phi) is 5.26. The molecule has 2 rings (SSSR count). The lowest BCUT2D eigenvalue weighted by Crippen LogP contribution is -2.56. The van der Waals surface area contributed by atoms with E-state index in [1.165, 1.54) is 32.2 Å². The fourth-order valence-electron chi connectivity index (χ4n) is 3.10. The van der Waals surface area contributed by atoms with Gasteiger partial charge in [0.15, 0.2) is 0 Å². The number of hydrogen-bond acceptors (Lipinski definition) is 3. The highest BCUT2D eigenvalue weighted by atomic mass is 16.5. The van der Waals surface area contributed by atoms with Gasteiger partial charge in [-0.05, 0) is 38.3 Å². The number of rotatable bonds is 6. The monoisotopic (exact) mass is 240 g/mol. The molecule has 2 aliphatic rings. The van der Waals surface area contributed by atoms with E-state index in [4.69, 9.17) is 4.74 Å². The molecule has 2 unspecified atom stereocenters. The fourth-order valence-corrected chi connectivity index (χ4v) is 3.10. The molecule has 0 aromatic rings. The predicted octanol–water partition coefficient (Wildman–Crippen LogP) is 1.88. The van der Waals surface area contributed by atoms with Gasteiger partial charge in [0, 0.05) is 19.1 Å². The topological polar surface area (TPSA) is 24.5 Å². The molecule has 0 amide bonds. The van der Waals surface area contributed by atoms with Crippen LogP contribution in [0.3, 0.4) is 0 Å². The molecule has 3 nitrogen and oxygen atoms in total. The first kappa shape index (κ1) is 13.3. The Bertz CT molecular complexity index is 216. The molecule has 1 saturated carbocycles. The molecule has 1 N–H and O–H groups in total. The maximum atomic E-state index is 6.02. The van der Waals surface area contributed by atoms with E-state index in [1.807, 2.05) is 0 Å². The van der Waals surface area contributed by atoms with Crippen LogP contribution in [0, 0.1) is 5.92 Å². The van der Waals surface area contributed by atoms with Crippen LogP contribution in [0.4, 0.5) is 0 Å². The van der Waals surface area contributed by atoms with Crippen molar-refractivity contribution in [3.63, 3.8) is 0 Å². The van der Waals surface area contributed by atoms with Gasteiger partial charge in [0.2, 0.25) is 0 Å². The van der Waals surface area contributed by atoms with Crippen molar-refractivity contribution in [3.8, 4) is 0 Å². The second-order valence-corrected chi connectivity index (χ2v) is 5.48. The molecule has 17 heavy (non-hydrogen) atoms. The standard InChI is InChI=1S/C14H28N2O/c1-3-8-16-9-10-17-13(11-16)14(15-4-2)12-6-5-7-12/h12-15H,3-11H2,1-2H3. The molecule has 2 atom stereocenters. The molecule has 0 spiro atoms. The van der Waals surface area contributed by atoms with Crippen LogP contribution in [0.15, 0.2) is 0 Å². The summed E-state index contributed by atoms with van der Waals surface area (Å²) in [6, 6.07) is 0.591. The smallest absolute Gasteiger partial charge is 0.0857 e. The molecule has 0 aromatic carbocycles. The van der Waals surface area contributed by atoms with Crippen LogP contribution >= 0.6 is 0 Å². The van der Waals surface area contributed by atoms with Crippen molar-refractivity contribution in [1.29, 1.82) is 0 Å². The highest BCUT2D eigenvalue weighted by Crippen LogP contribution is 2.32. The minimum atomic E-state index is 0.417. The number of nitrogens with zero attached hydrogens (tertiary/aromatic N) is 1. The van der Waals surface area contributed by atoms with Crippen molar-refractivity contribution >= 4 is 0 Å². The highest BCUT2D eigenvalue weighted by molar-refractivity contribution is 4.91. The maximum Gasteiger partial charge on any atom is 0.0857 e. The summed E-state index contributed by atoms with van der Waals surface area (Å²) < 4.78 is 6.02. The minimum absolute atomic E-state index is 0.417. The second-order valence-electron chi connectivity index (χ2n) is 5.48. The quantitative estimate of drug-likeness (QED) is 0.767. The van der Waals surface area contributed by atoms with Gasteiger partial charge in [-0.1, -0.05) is 20.3 Å². The molecule has 0 bridgehead atoms. The Morgan fingerprint density at radius 3 is 2.76 bits per heavy atom. The summed E-state index contributed by atoms with van der Waals surface area (Å²) in [5.74, 6) is 0.863. The average Bonchev–Trinajstić information content (AvgIpc) is 2.27. The molecule has 100 valence electrons. The van der Waals surface area contributed by atoms with Crippen molar-refractivity contribution in [3.05, 3.63) is 0 Å². The zero-order chi connectivity index (χ0) is 12.1. The van der Waals surface area contributed by atoms with Gasteiger partial charge in [-0.3, -0.25) is 4.90 Å². The molecular formula is C14H28N2O. The van der Waals surface area contributed by atoms with Crippen LogP contribution in [0.1, 0.15) is 39.5 Å². The first-order valence-electron chi connectivity index (χ1n) is 7.42. The van der Waals surface area contributed by atoms with Gasteiger partial charge in [-0.25, -0.2) is 0 Å². The van der Waals surface area contributed by atoms with E-state index in [9.17, 15) is 0 Å². The highest BCUT2D eigenvalue weighted by Gasteiger charge is 2.35. The summed E-state index contributed by atoms with van der Waals surface area (Å²) in [5.41, 5.74) is 0. The molecule has 1 heterocycles. The van der Waals surface area contributed by atoms with Crippen LogP contribution < -0.4 is 5.32 Å². The number of likely N-dealkylation sites (N-methyl/N-ethyl adjacent to an activating group) is 1. The first-order chi connectivity index (χ1) is 8.35. The fraction of sp³-hybridized carbons (Fsp3) is 1.00. The lowest BCUT2D eigenvalue weighted by molar-refractivity contribution is -0.0629. The van der Waals surface area contributed by atoms with E-state index >= 15 is 0 Å². The summed E-state index contributed by atoms with van der Waals surface area (Å²) >= 11 is 0. The number of morpholine rings is 1. The normalized spacial score (nSPS) is 28.9. The molecule has 1 aliphatic heterocycles. The summed E-state index contributed by atoms with van der Waals surface area (Å²) in [6.45, 7) is 9.92. The van der Waals surface area contributed by atoms with Crippen LogP contribution in [0.25, 0.3) is 0 Å². The SMILES string of the molecule is CCCN1CCOC(C(NCC)C2CCC2)C1. The van der Waals surface area contributed by atoms with Crippen molar-refractivity contribution in [2.45, 2.75) is 51.7 Å². The summed E-state index contributed by atoms with van der Waals surface area (Å²) in [6.07, 6.45) is 5.87. The van der Waals surface area contributed by atoms with E-state index in [2.05, 4.69) is 24.1 Å². The van der Waals surface area contributed by atoms with Gasteiger partial charge in [-0.2, -0.15) is 0 Å². The molecule has 1 aliphatic carbocycles. The van der Waals surface area contributed by atoms with E-state index in [1.54, 1.807) is 0 Å². The van der Waals surface area contributed by atoms with Crippen LogP contribution in [-0.2, 0) is 4.74 Å². The Labute approximate surface area is 106 Å². The molecule has 3 heteroatoms. The summed E-state index contributed by atoms with van der Waals surface area (Å²) in [4.78, 5) is 2.57. The zero-order valence-electron chi connectivity index (χ0n) is 11.5. The Morgan fingerprint density at radius 2 is 2.18 bits per heavy atom. The van der Waals surface area contributed by atoms with Gasteiger partial charge in [-0.15, -0.1) is 0 Å². The van der Waals surface area contributed by atoms with Crippen LogP contribution in [0.2, 0.25) is 0 Å². The maximum absolute atomic E-state index is 6.02. The molecule has 1 saturated heterocycles. The van der Waals surface area contributed by atoms with Crippen molar-refractivity contribution in [2.75, 3.05) is 32.8 Å². The van der Waals surface area contributed by atoms with Gasteiger partial charge >= 0.3 is 0 Å².